The highest BCUT2D eigenvalue weighted by atomic mass is 32.2. The third-order valence-electron chi connectivity index (χ3n) is 4.02. The van der Waals surface area contributed by atoms with Crippen LogP contribution in [0.5, 0.6) is 5.75 Å². The third kappa shape index (κ3) is 4.69. The molecule has 3 rings (SSSR count). The van der Waals surface area contributed by atoms with Crippen molar-refractivity contribution >= 4 is 27.3 Å². The van der Waals surface area contributed by atoms with Crippen molar-refractivity contribution in [3.63, 3.8) is 0 Å². The maximum atomic E-state index is 12.5. The second-order valence-corrected chi connectivity index (χ2v) is 7.87. The van der Waals surface area contributed by atoms with E-state index in [-0.39, 0.29) is 10.8 Å². The molecule has 0 spiro atoms. The summed E-state index contributed by atoms with van der Waals surface area (Å²) < 4.78 is 32.7. The van der Waals surface area contributed by atoms with Crippen molar-refractivity contribution in [2.45, 2.75) is 11.8 Å². The summed E-state index contributed by atoms with van der Waals surface area (Å²) in [5, 5.41) is 2.75. The molecule has 0 aliphatic carbocycles. The smallest absolute Gasteiger partial charge is 0.261 e. The van der Waals surface area contributed by atoms with Crippen LogP contribution in [0.25, 0.3) is 0 Å². The Bertz CT molecular complexity index is 1090. The van der Waals surface area contributed by atoms with Crippen molar-refractivity contribution in [2.75, 3.05) is 17.1 Å². The minimum absolute atomic E-state index is 0.0759. The molecule has 0 bridgehead atoms. The zero-order valence-electron chi connectivity index (χ0n) is 15.5. The Morgan fingerprint density at radius 2 is 1.57 bits per heavy atom. The summed E-state index contributed by atoms with van der Waals surface area (Å²) in [7, 11) is -2.19. The van der Waals surface area contributed by atoms with Crippen LogP contribution in [0.3, 0.4) is 0 Å². The first-order chi connectivity index (χ1) is 13.4. The number of methoxy groups -OCH3 is 1. The first-order valence-electron chi connectivity index (χ1n) is 8.52. The van der Waals surface area contributed by atoms with Crippen LogP contribution >= 0.6 is 0 Å². The summed E-state index contributed by atoms with van der Waals surface area (Å²) in [6, 6.07) is 19.8. The molecule has 144 valence electrons. The van der Waals surface area contributed by atoms with E-state index in [9.17, 15) is 13.2 Å². The molecule has 0 aliphatic heterocycles. The van der Waals surface area contributed by atoms with E-state index in [1.807, 2.05) is 13.0 Å². The second kappa shape index (κ2) is 8.14. The Morgan fingerprint density at radius 3 is 2.25 bits per heavy atom. The first-order valence-corrected chi connectivity index (χ1v) is 10.0. The normalized spacial score (nSPS) is 10.9. The van der Waals surface area contributed by atoms with Gasteiger partial charge >= 0.3 is 0 Å². The molecule has 3 aromatic carbocycles. The van der Waals surface area contributed by atoms with Gasteiger partial charge in [-0.05, 0) is 61.0 Å². The van der Waals surface area contributed by atoms with Crippen LogP contribution in [0.2, 0.25) is 0 Å². The highest BCUT2D eigenvalue weighted by molar-refractivity contribution is 7.92. The number of ether oxygens (including phenoxy) is 1. The molecule has 0 saturated heterocycles. The fourth-order valence-electron chi connectivity index (χ4n) is 2.61. The number of hydrogen-bond donors (Lipinski definition) is 2. The van der Waals surface area contributed by atoms with Gasteiger partial charge in [0.1, 0.15) is 5.75 Å². The highest BCUT2D eigenvalue weighted by Crippen LogP contribution is 2.20. The predicted octanol–water partition coefficient (Wildman–Crippen LogP) is 4.06. The van der Waals surface area contributed by atoms with Gasteiger partial charge in [0.15, 0.2) is 0 Å². The molecule has 0 atom stereocenters. The molecule has 7 heteroatoms. The van der Waals surface area contributed by atoms with E-state index in [1.54, 1.807) is 49.6 Å². The summed E-state index contributed by atoms with van der Waals surface area (Å²) >= 11 is 0. The minimum atomic E-state index is -3.74. The molecule has 6 nitrogen and oxygen atoms in total. The maximum absolute atomic E-state index is 12.5. The van der Waals surface area contributed by atoms with Gasteiger partial charge in [0, 0.05) is 23.0 Å². The number of anilines is 2. The Morgan fingerprint density at radius 1 is 0.893 bits per heavy atom. The van der Waals surface area contributed by atoms with Gasteiger partial charge in [-0.25, -0.2) is 8.42 Å². The monoisotopic (exact) mass is 396 g/mol. The summed E-state index contributed by atoms with van der Waals surface area (Å²) in [4.78, 5) is 12.5. The van der Waals surface area contributed by atoms with Crippen molar-refractivity contribution in [3.05, 3.63) is 83.9 Å². The van der Waals surface area contributed by atoms with E-state index in [2.05, 4.69) is 10.0 Å². The number of amides is 1. The zero-order chi connectivity index (χ0) is 20.1. The number of aryl methyl sites for hydroxylation is 1. The van der Waals surface area contributed by atoms with Crippen LogP contribution in [-0.4, -0.2) is 21.4 Å². The number of rotatable bonds is 6. The van der Waals surface area contributed by atoms with E-state index >= 15 is 0 Å². The molecule has 0 saturated carbocycles. The summed E-state index contributed by atoms with van der Waals surface area (Å²) in [5.74, 6) is 0.283. The van der Waals surface area contributed by atoms with Crippen molar-refractivity contribution in [3.8, 4) is 5.75 Å². The van der Waals surface area contributed by atoms with Gasteiger partial charge in [0.05, 0.1) is 12.0 Å². The summed E-state index contributed by atoms with van der Waals surface area (Å²) in [6.45, 7) is 1.88. The molecule has 0 aromatic heterocycles. The molecule has 2 N–H and O–H groups in total. The Balaban J connectivity index is 1.74. The Hall–Kier alpha value is -3.32. The number of nitrogens with one attached hydrogen (secondary N) is 2. The quantitative estimate of drug-likeness (QED) is 0.658. The lowest BCUT2D eigenvalue weighted by atomic mass is 10.2. The van der Waals surface area contributed by atoms with Crippen LogP contribution in [0, 0.1) is 6.92 Å². The summed E-state index contributed by atoms with van der Waals surface area (Å²) in [6.07, 6.45) is 0. The van der Waals surface area contributed by atoms with Crippen LogP contribution in [0.1, 0.15) is 15.9 Å². The standard InChI is InChI=1S/C21H20N2O4S/c1-15-5-3-7-18(13-15)23-28(25,26)20-11-9-16(10-12-20)21(24)22-17-6-4-8-19(14-17)27-2/h3-14,23H,1-2H3,(H,22,24). The fourth-order valence-corrected chi connectivity index (χ4v) is 3.66. The van der Waals surface area contributed by atoms with Gasteiger partial charge in [-0.1, -0.05) is 18.2 Å². The molecule has 0 aliphatic rings. The minimum Gasteiger partial charge on any atom is -0.497 e. The zero-order valence-corrected chi connectivity index (χ0v) is 16.3. The Labute approximate surface area is 164 Å². The molecule has 0 heterocycles. The molecule has 0 unspecified atom stereocenters. The highest BCUT2D eigenvalue weighted by Gasteiger charge is 2.15. The van der Waals surface area contributed by atoms with Crippen molar-refractivity contribution in [1.29, 1.82) is 0 Å². The first kappa shape index (κ1) is 19.4. The van der Waals surface area contributed by atoms with Crippen molar-refractivity contribution in [1.82, 2.24) is 0 Å². The maximum Gasteiger partial charge on any atom is 0.261 e. The topological polar surface area (TPSA) is 84.5 Å². The van der Waals surface area contributed by atoms with Gasteiger partial charge < -0.3 is 10.1 Å². The Kier molecular flexibility index (Phi) is 5.65. The van der Waals surface area contributed by atoms with Gasteiger partial charge in [-0.2, -0.15) is 0 Å². The van der Waals surface area contributed by atoms with E-state index in [0.29, 0.717) is 22.7 Å². The van der Waals surface area contributed by atoms with E-state index in [1.165, 1.54) is 24.3 Å². The molecule has 28 heavy (non-hydrogen) atoms. The lowest BCUT2D eigenvalue weighted by Crippen LogP contribution is -2.15. The number of hydrogen-bond acceptors (Lipinski definition) is 4. The molecule has 0 radical (unpaired) electrons. The number of carbonyl (C=O) groups is 1. The van der Waals surface area contributed by atoms with Crippen molar-refractivity contribution in [2.24, 2.45) is 0 Å². The fraction of sp³-hybridized carbons (Fsp3) is 0.0952. The summed E-state index contributed by atoms with van der Waals surface area (Å²) in [5.41, 5.74) is 2.36. The molecule has 3 aromatic rings. The number of benzene rings is 3. The molecular weight excluding hydrogens is 376 g/mol. The number of carbonyl (C=O) groups excluding carboxylic acids is 1. The lowest BCUT2D eigenvalue weighted by molar-refractivity contribution is 0.102. The SMILES string of the molecule is COc1cccc(NC(=O)c2ccc(S(=O)(=O)Nc3cccc(C)c3)cc2)c1. The third-order valence-corrected chi connectivity index (χ3v) is 5.42. The van der Waals surface area contributed by atoms with Gasteiger partial charge in [-0.3, -0.25) is 9.52 Å². The molecule has 1 amide bonds. The molecule has 0 fully saturated rings. The van der Waals surface area contributed by atoms with Gasteiger partial charge in [0.25, 0.3) is 15.9 Å². The lowest BCUT2D eigenvalue weighted by Gasteiger charge is -2.10. The van der Waals surface area contributed by atoms with E-state index < -0.39 is 10.0 Å². The van der Waals surface area contributed by atoms with Crippen LogP contribution in [-0.2, 0) is 10.0 Å². The van der Waals surface area contributed by atoms with E-state index in [4.69, 9.17) is 4.74 Å². The predicted molar refractivity (Wildman–Crippen MR) is 109 cm³/mol. The largest absolute Gasteiger partial charge is 0.497 e. The van der Waals surface area contributed by atoms with Crippen LogP contribution in [0.4, 0.5) is 11.4 Å². The van der Waals surface area contributed by atoms with E-state index in [0.717, 1.165) is 5.56 Å². The van der Waals surface area contributed by atoms with Gasteiger partial charge in [-0.15, -0.1) is 0 Å². The molecular formula is C21H20N2O4S. The van der Waals surface area contributed by atoms with Crippen molar-refractivity contribution < 1.29 is 17.9 Å². The second-order valence-electron chi connectivity index (χ2n) is 6.19. The van der Waals surface area contributed by atoms with Crippen LogP contribution < -0.4 is 14.8 Å². The average Bonchev–Trinajstić information content (AvgIpc) is 2.68. The average molecular weight is 396 g/mol. The van der Waals surface area contributed by atoms with Crippen LogP contribution in [0.15, 0.2) is 77.7 Å². The number of sulfonamides is 1. The van der Waals surface area contributed by atoms with Gasteiger partial charge in [0.2, 0.25) is 0 Å².